The van der Waals surface area contributed by atoms with Crippen molar-refractivity contribution in [1.29, 1.82) is 0 Å². The van der Waals surface area contributed by atoms with E-state index in [4.69, 9.17) is 0 Å². The molecule has 112 valence electrons. The number of benzene rings is 1. The summed E-state index contributed by atoms with van der Waals surface area (Å²) in [6.45, 7) is 3.99. The maximum atomic E-state index is 11.9. The molecule has 0 saturated heterocycles. The van der Waals surface area contributed by atoms with Gasteiger partial charge >= 0.3 is 6.09 Å². The highest BCUT2D eigenvalue weighted by Crippen LogP contribution is 2.16. The quantitative estimate of drug-likeness (QED) is 0.833. The Morgan fingerprint density at radius 2 is 2.00 bits per heavy atom. The molecule has 0 bridgehead atoms. The number of amides is 2. The molecule has 1 aromatic carbocycles. The highest BCUT2D eigenvalue weighted by Gasteiger charge is 2.12. The van der Waals surface area contributed by atoms with E-state index < -0.39 is 6.09 Å². The number of hydrogen-bond acceptors (Lipinski definition) is 4. The van der Waals surface area contributed by atoms with E-state index in [-0.39, 0.29) is 19.1 Å². The van der Waals surface area contributed by atoms with Crippen molar-refractivity contribution in [3.8, 4) is 0 Å². The lowest BCUT2D eigenvalue weighted by atomic mass is 10.3. The smallest absolute Gasteiger partial charge is 0.426 e. The molecule has 0 spiro atoms. The fraction of sp³-hybridized carbons (Fsp3) is 0.357. The normalized spacial score (nSPS) is 10.4. The summed E-state index contributed by atoms with van der Waals surface area (Å²) in [5.41, 5.74) is 6.23. The number of carbonyl (C=O) groups is 2. The molecule has 2 N–H and O–H groups in total. The third-order valence-corrected chi connectivity index (χ3v) is 2.93. The molecular formula is C14H18N4O3. The molecule has 7 heteroatoms. The van der Waals surface area contributed by atoms with E-state index in [9.17, 15) is 9.59 Å². The number of hydrazine groups is 1. The minimum Gasteiger partial charge on any atom is -0.449 e. The first-order valence-electron chi connectivity index (χ1n) is 6.81. The minimum atomic E-state index is -0.683. The molecule has 0 aliphatic carbocycles. The summed E-state index contributed by atoms with van der Waals surface area (Å²) >= 11 is 0. The van der Waals surface area contributed by atoms with Crippen LogP contribution in [0.4, 0.5) is 4.79 Å². The molecule has 7 nitrogen and oxygen atoms in total. The Morgan fingerprint density at radius 3 is 2.71 bits per heavy atom. The van der Waals surface area contributed by atoms with Crippen molar-refractivity contribution < 1.29 is 14.3 Å². The van der Waals surface area contributed by atoms with Crippen LogP contribution in [-0.4, -0.2) is 28.2 Å². The highest BCUT2D eigenvalue weighted by atomic mass is 16.5. The lowest BCUT2D eigenvalue weighted by Gasteiger charge is -2.10. The Hall–Kier alpha value is -2.57. The van der Waals surface area contributed by atoms with Crippen LogP contribution in [0.3, 0.4) is 0 Å². The second-order valence-electron chi connectivity index (χ2n) is 4.35. The summed E-state index contributed by atoms with van der Waals surface area (Å²) in [5.74, 6) is 0.475. The fourth-order valence-corrected chi connectivity index (χ4v) is 2.04. The summed E-state index contributed by atoms with van der Waals surface area (Å²) in [6, 6.07) is 7.61. The molecule has 0 saturated carbocycles. The number of para-hydroxylation sites is 2. The summed E-state index contributed by atoms with van der Waals surface area (Å²) < 4.78 is 6.49. The lowest BCUT2D eigenvalue weighted by Crippen LogP contribution is -2.43. The van der Waals surface area contributed by atoms with Crippen LogP contribution < -0.4 is 10.9 Å². The van der Waals surface area contributed by atoms with Gasteiger partial charge in [0.2, 0.25) is 0 Å². The third-order valence-electron chi connectivity index (χ3n) is 2.93. The van der Waals surface area contributed by atoms with Gasteiger partial charge in [0, 0.05) is 6.42 Å². The summed E-state index contributed by atoms with van der Waals surface area (Å²) in [6.07, 6.45) is 0.0323. The van der Waals surface area contributed by atoms with Crippen molar-refractivity contribution in [2.75, 3.05) is 6.61 Å². The first kappa shape index (κ1) is 14.8. The van der Waals surface area contributed by atoms with E-state index in [1.165, 1.54) is 0 Å². The maximum absolute atomic E-state index is 11.9. The Labute approximate surface area is 122 Å². The monoisotopic (exact) mass is 290 g/mol. The van der Waals surface area contributed by atoms with E-state index in [0.29, 0.717) is 6.42 Å². The van der Waals surface area contributed by atoms with E-state index in [0.717, 1.165) is 16.9 Å². The molecule has 0 fully saturated rings. The number of carbonyl (C=O) groups excluding carboxylic acids is 2. The van der Waals surface area contributed by atoms with E-state index >= 15 is 0 Å². The third kappa shape index (κ3) is 3.50. The summed E-state index contributed by atoms with van der Waals surface area (Å²) in [7, 11) is 0. The van der Waals surface area contributed by atoms with Crippen molar-refractivity contribution in [2.45, 2.75) is 26.8 Å². The molecule has 0 aliphatic heterocycles. The average molecular weight is 290 g/mol. The van der Waals surface area contributed by atoms with Crippen LogP contribution in [0, 0.1) is 0 Å². The maximum Gasteiger partial charge on any atom is 0.426 e. The zero-order valence-electron chi connectivity index (χ0n) is 12.0. The van der Waals surface area contributed by atoms with Crippen LogP contribution in [0.2, 0.25) is 0 Å². The van der Waals surface area contributed by atoms with Gasteiger partial charge in [-0.2, -0.15) is 0 Å². The zero-order valence-corrected chi connectivity index (χ0v) is 12.0. The number of imidazole rings is 1. The molecular weight excluding hydrogens is 272 g/mol. The predicted octanol–water partition coefficient (Wildman–Crippen LogP) is 1.38. The van der Waals surface area contributed by atoms with Crippen molar-refractivity contribution in [3.63, 3.8) is 0 Å². The Morgan fingerprint density at radius 1 is 1.24 bits per heavy atom. The Bertz CT molecular complexity index is 651. The van der Waals surface area contributed by atoms with Crippen LogP contribution >= 0.6 is 0 Å². The number of aromatic nitrogens is 2. The summed E-state index contributed by atoms with van der Waals surface area (Å²) in [5, 5.41) is 0. The van der Waals surface area contributed by atoms with Crippen LogP contribution in [-0.2, 0) is 22.5 Å². The Balaban J connectivity index is 2.08. The zero-order chi connectivity index (χ0) is 15.2. The number of aryl methyl sites for hydroxylation is 1. The van der Waals surface area contributed by atoms with Gasteiger partial charge in [0.1, 0.15) is 12.4 Å². The first-order chi connectivity index (χ1) is 10.2. The predicted molar refractivity (Wildman–Crippen MR) is 77.4 cm³/mol. The van der Waals surface area contributed by atoms with Gasteiger partial charge in [-0.3, -0.25) is 10.2 Å². The molecule has 0 aliphatic rings. The molecule has 1 aromatic heterocycles. The molecule has 21 heavy (non-hydrogen) atoms. The molecule has 0 unspecified atom stereocenters. The van der Waals surface area contributed by atoms with Gasteiger partial charge in [0.05, 0.1) is 17.6 Å². The molecule has 2 aromatic rings. The van der Waals surface area contributed by atoms with Crippen LogP contribution in [0.15, 0.2) is 24.3 Å². The van der Waals surface area contributed by atoms with Gasteiger partial charge in [0.15, 0.2) is 0 Å². The van der Waals surface area contributed by atoms with Crippen LogP contribution in [0.5, 0.6) is 0 Å². The van der Waals surface area contributed by atoms with E-state index in [2.05, 4.69) is 20.6 Å². The van der Waals surface area contributed by atoms with Gasteiger partial charge < -0.3 is 9.30 Å². The number of ether oxygens (including phenoxy) is 1. The lowest BCUT2D eigenvalue weighted by molar-refractivity contribution is -0.122. The van der Waals surface area contributed by atoms with E-state index in [1.54, 1.807) is 6.92 Å². The van der Waals surface area contributed by atoms with Crippen molar-refractivity contribution in [2.24, 2.45) is 0 Å². The first-order valence-corrected chi connectivity index (χ1v) is 6.81. The SMILES string of the molecule is CCOC(=O)NNC(=O)Cn1c(CC)nc2ccccc21. The largest absolute Gasteiger partial charge is 0.449 e. The van der Waals surface area contributed by atoms with Gasteiger partial charge in [-0.25, -0.2) is 15.2 Å². The topological polar surface area (TPSA) is 85.3 Å². The van der Waals surface area contributed by atoms with Crippen molar-refractivity contribution >= 4 is 23.0 Å². The summed E-state index contributed by atoms with van der Waals surface area (Å²) in [4.78, 5) is 27.5. The number of rotatable bonds is 4. The van der Waals surface area contributed by atoms with Crippen LogP contribution in [0.25, 0.3) is 11.0 Å². The molecule has 2 rings (SSSR count). The minimum absolute atomic E-state index is 0.0795. The van der Waals surface area contributed by atoms with Gasteiger partial charge in [-0.05, 0) is 19.1 Å². The molecule has 0 atom stereocenters. The van der Waals surface area contributed by atoms with E-state index in [1.807, 2.05) is 35.8 Å². The molecule has 2 amide bonds. The number of hydrogen-bond donors (Lipinski definition) is 2. The highest BCUT2D eigenvalue weighted by molar-refractivity contribution is 5.82. The standard InChI is InChI=1S/C14H18N4O3/c1-3-12-15-10-7-5-6-8-11(10)18(12)9-13(19)16-17-14(20)21-4-2/h5-8H,3-4,9H2,1-2H3,(H,16,19)(H,17,20). The fourth-order valence-electron chi connectivity index (χ4n) is 2.04. The van der Waals surface area contributed by atoms with Gasteiger partial charge in [0.25, 0.3) is 5.91 Å². The van der Waals surface area contributed by atoms with Gasteiger partial charge in [-0.1, -0.05) is 19.1 Å². The average Bonchev–Trinajstić information content (AvgIpc) is 2.83. The number of nitrogens with zero attached hydrogens (tertiary/aromatic N) is 2. The Kier molecular flexibility index (Phi) is 4.76. The van der Waals surface area contributed by atoms with Crippen LogP contribution in [0.1, 0.15) is 19.7 Å². The number of fused-ring (bicyclic) bond motifs is 1. The second-order valence-corrected chi connectivity index (χ2v) is 4.35. The molecule has 0 radical (unpaired) electrons. The second kappa shape index (κ2) is 6.74. The van der Waals surface area contributed by atoms with Crippen molar-refractivity contribution in [1.82, 2.24) is 20.4 Å². The van der Waals surface area contributed by atoms with Crippen molar-refractivity contribution in [3.05, 3.63) is 30.1 Å². The number of nitrogens with one attached hydrogen (secondary N) is 2. The van der Waals surface area contributed by atoms with Gasteiger partial charge in [-0.15, -0.1) is 0 Å². The molecule has 1 heterocycles.